The fourth-order valence-corrected chi connectivity index (χ4v) is 2.63. The maximum absolute atomic E-state index is 12.5. The van der Waals surface area contributed by atoms with Crippen LogP contribution in [0.25, 0.3) is 5.69 Å². The van der Waals surface area contributed by atoms with Gasteiger partial charge in [-0.15, -0.1) is 5.10 Å². The Morgan fingerprint density at radius 1 is 1.08 bits per heavy atom. The van der Waals surface area contributed by atoms with Gasteiger partial charge in [-0.05, 0) is 56.7 Å². The van der Waals surface area contributed by atoms with Gasteiger partial charge in [-0.1, -0.05) is 34.5 Å². The van der Waals surface area contributed by atoms with E-state index in [4.69, 9.17) is 11.6 Å². The standard InChI is InChI=1S/C18H17ClN4O/c1-11-4-9-16(12(2)10-11)20-18(24)17-13(3)23(22-21-17)15-7-5-14(19)6-8-15/h4-10H,1-3H3,(H,20,24). The highest BCUT2D eigenvalue weighted by molar-refractivity contribution is 6.30. The third kappa shape index (κ3) is 3.16. The second-order valence-corrected chi connectivity index (χ2v) is 6.12. The summed E-state index contributed by atoms with van der Waals surface area (Å²) in [5, 5.41) is 11.6. The van der Waals surface area contributed by atoms with Gasteiger partial charge in [-0.2, -0.15) is 0 Å². The van der Waals surface area contributed by atoms with Crippen molar-refractivity contribution in [2.45, 2.75) is 20.8 Å². The number of amides is 1. The van der Waals surface area contributed by atoms with E-state index < -0.39 is 0 Å². The van der Waals surface area contributed by atoms with Crippen molar-refractivity contribution in [2.75, 3.05) is 5.32 Å². The van der Waals surface area contributed by atoms with Crippen LogP contribution in [0.5, 0.6) is 0 Å². The van der Waals surface area contributed by atoms with E-state index in [1.165, 1.54) is 0 Å². The number of hydrogen-bond acceptors (Lipinski definition) is 3. The van der Waals surface area contributed by atoms with E-state index in [9.17, 15) is 4.79 Å². The molecule has 0 saturated carbocycles. The monoisotopic (exact) mass is 340 g/mol. The molecule has 0 aliphatic carbocycles. The number of rotatable bonds is 3. The molecule has 24 heavy (non-hydrogen) atoms. The second-order valence-electron chi connectivity index (χ2n) is 5.68. The number of nitrogens with zero attached hydrogens (tertiary/aromatic N) is 3. The van der Waals surface area contributed by atoms with E-state index in [0.29, 0.717) is 16.4 Å². The molecule has 0 fully saturated rings. The first-order valence-corrected chi connectivity index (χ1v) is 7.90. The van der Waals surface area contributed by atoms with Crippen molar-refractivity contribution in [3.8, 4) is 5.69 Å². The first-order chi connectivity index (χ1) is 11.5. The first-order valence-electron chi connectivity index (χ1n) is 7.52. The SMILES string of the molecule is Cc1ccc(NC(=O)c2nnn(-c3ccc(Cl)cc3)c2C)c(C)c1. The molecular formula is C18H17ClN4O. The van der Waals surface area contributed by atoms with Gasteiger partial charge in [-0.3, -0.25) is 4.79 Å². The summed E-state index contributed by atoms with van der Waals surface area (Å²) < 4.78 is 1.62. The number of aromatic nitrogens is 3. The minimum atomic E-state index is -0.278. The molecule has 0 radical (unpaired) electrons. The predicted molar refractivity (Wildman–Crippen MR) is 95.0 cm³/mol. The summed E-state index contributed by atoms with van der Waals surface area (Å²) in [6.07, 6.45) is 0. The Hall–Kier alpha value is -2.66. The molecule has 1 aromatic heterocycles. The number of hydrogen-bond donors (Lipinski definition) is 1. The Balaban J connectivity index is 1.87. The highest BCUT2D eigenvalue weighted by Gasteiger charge is 2.18. The molecule has 1 amide bonds. The topological polar surface area (TPSA) is 59.8 Å². The van der Waals surface area contributed by atoms with Crippen molar-refractivity contribution in [2.24, 2.45) is 0 Å². The Bertz CT molecular complexity index is 900. The normalized spacial score (nSPS) is 10.7. The van der Waals surface area contributed by atoms with Crippen LogP contribution in [0.3, 0.4) is 0 Å². The maximum atomic E-state index is 12.5. The lowest BCUT2D eigenvalue weighted by Crippen LogP contribution is -2.15. The molecule has 0 aliphatic heterocycles. The zero-order valence-corrected chi connectivity index (χ0v) is 14.4. The van der Waals surface area contributed by atoms with Gasteiger partial charge >= 0.3 is 0 Å². The van der Waals surface area contributed by atoms with Crippen LogP contribution in [0.1, 0.15) is 27.3 Å². The minimum Gasteiger partial charge on any atom is -0.320 e. The summed E-state index contributed by atoms with van der Waals surface area (Å²) in [4.78, 5) is 12.5. The number of aryl methyl sites for hydroxylation is 2. The van der Waals surface area contributed by atoms with Crippen LogP contribution in [0.4, 0.5) is 5.69 Å². The third-order valence-electron chi connectivity index (χ3n) is 3.81. The molecule has 3 rings (SSSR count). The summed E-state index contributed by atoms with van der Waals surface area (Å²) >= 11 is 5.90. The van der Waals surface area contributed by atoms with Gasteiger partial charge in [0.15, 0.2) is 5.69 Å². The molecule has 2 aromatic carbocycles. The first kappa shape index (κ1) is 16.2. The fourth-order valence-electron chi connectivity index (χ4n) is 2.50. The molecule has 1 N–H and O–H groups in total. The summed E-state index contributed by atoms with van der Waals surface area (Å²) in [5.41, 5.74) is 4.69. The van der Waals surface area contributed by atoms with E-state index in [0.717, 1.165) is 22.5 Å². The third-order valence-corrected chi connectivity index (χ3v) is 4.06. The van der Waals surface area contributed by atoms with Crippen molar-refractivity contribution in [1.29, 1.82) is 0 Å². The zero-order chi connectivity index (χ0) is 17.3. The van der Waals surface area contributed by atoms with Crippen LogP contribution < -0.4 is 5.32 Å². The molecule has 122 valence electrons. The highest BCUT2D eigenvalue weighted by atomic mass is 35.5. The van der Waals surface area contributed by atoms with E-state index in [2.05, 4.69) is 15.6 Å². The second kappa shape index (κ2) is 6.45. The van der Waals surface area contributed by atoms with Crippen LogP contribution in [0, 0.1) is 20.8 Å². The molecule has 0 atom stereocenters. The quantitative estimate of drug-likeness (QED) is 0.781. The van der Waals surface area contributed by atoms with Crippen molar-refractivity contribution >= 4 is 23.2 Å². The fraction of sp³-hybridized carbons (Fsp3) is 0.167. The van der Waals surface area contributed by atoms with Gasteiger partial charge in [0, 0.05) is 10.7 Å². The molecule has 5 nitrogen and oxygen atoms in total. The molecular weight excluding hydrogens is 324 g/mol. The predicted octanol–water partition coefficient (Wildman–Crippen LogP) is 4.10. The van der Waals surface area contributed by atoms with Crippen LogP contribution in [-0.4, -0.2) is 20.9 Å². The average molecular weight is 341 g/mol. The summed E-state index contributed by atoms with van der Waals surface area (Å²) in [7, 11) is 0. The Labute approximate surface area is 145 Å². The van der Waals surface area contributed by atoms with Crippen molar-refractivity contribution in [1.82, 2.24) is 15.0 Å². The number of halogens is 1. The van der Waals surface area contributed by atoms with E-state index >= 15 is 0 Å². The lowest BCUT2D eigenvalue weighted by atomic mass is 10.1. The van der Waals surface area contributed by atoms with Gasteiger partial charge < -0.3 is 5.32 Å². The molecule has 0 aliphatic rings. The lowest BCUT2D eigenvalue weighted by Gasteiger charge is -2.08. The van der Waals surface area contributed by atoms with Crippen molar-refractivity contribution < 1.29 is 4.79 Å². The zero-order valence-electron chi connectivity index (χ0n) is 13.7. The van der Waals surface area contributed by atoms with Gasteiger partial charge in [0.05, 0.1) is 11.4 Å². The van der Waals surface area contributed by atoms with E-state index in [-0.39, 0.29) is 5.91 Å². The minimum absolute atomic E-state index is 0.278. The summed E-state index contributed by atoms with van der Waals surface area (Å²) in [6.45, 7) is 5.78. The van der Waals surface area contributed by atoms with Gasteiger partial charge in [0.25, 0.3) is 5.91 Å². The van der Waals surface area contributed by atoms with Gasteiger partial charge in [0.1, 0.15) is 0 Å². The smallest absolute Gasteiger partial charge is 0.278 e. The van der Waals surface area contributed by atoms with Gasteiger partial charge in [0.2, 0.25) is 0 Å². The molecule has 3 aromatic rings. The van der Waals surface area contributed by atoms with Crippen LogP contribution in [0.15, 0.2) is 42.5 Å². The van der Waals surface area contributed by atoms with Crippen LogP contribution >= 0.6 is 11.6 Å². The molecule has 0 saturated heterocycles. The molecule has 0 spiro atoms. The highest BCUT2D eigenvalue weighted by Crippen LogP contribution is 2.19. The molecule has 0 bridgehead atoms. The Morgan fingerprint density at radius 2 is 1.79 bits per heavy atom. The number of benzene rings is 2. The Morgan fingerprint density at radius 3 is 2.46 bits per heavy atom. The van der Waals surface area contributed by atoms with Crippen molar-refractivity contribution in [3.05, 3.63) is 70.0 Å². The number of anilines is 1. The van der Waals surface area contributed by atoms with Crippen LogP contribution in [0.2, 0.25) is 5.02 Å². The number of carbonyl (C=O) groups excluding carboxylic acids is 1. The number of carbonyl (C=O) groups is 1. The summed E-state index contributed by atoms with van der Waals surface area (Å²) in [6, 6.07) is 13.1. The van der Waals surface area contributed by atoms with E-state index in [1.807, 2.05) is 51.1 Å². The molecule has 0 unspecified atom stereocenters. The average Bonchev–Trinajstić information content (AvgIpc) is 2.92. The van der Waals surface area contributed by atoms with E-state index in [1.54, 1.807) is 16.8 Å². The lowest BCUT2D eigenvalue weighted by molar-refractivity contribution is 0.102. The van der Waals surface area contributed by atoms with Crippen LogP contribution in [-0.2, 0) is 0 Å². The van der Waals surface area contributed by atoms with Gasteiger partial charge in [-0.25, -0.2) is 4.68 Å². The van der Waals surface area contributed by atoms with Crippen molar-refractivity contribution in [3.63, 3.8) is 0 Å². The maximum Gasteiger partial charge on any atom is 0.278 e. The molecule has 6 heteroatoms. The summed E-state index contributed by atoms with van der Waals surface area (Å²) in [5.74, 6) is -0.278. The molecule has 1 heterocycles. The Kier molecular flexibility index (Phi) is 4.36. The number of nitrogens with one attached hydrogen (secondary N) is 1. The largest absolute Gasteiger partial charge is 0.320 e.